The van der Waals surface area contributed by atoms with E-state index in [0.29, 0.717) is 36.7 Å². The van der Waals surface area contributed by atoms with Crippen molar-refractivity contribution in [2.75, 3.05) is 13.1 Å². The highest BCUT2D eigenvalue weighted by Crippen LogP contribution is 2.23. The Bertz CT molecular complexity index is 1000. The van der Waals surface area contributed by atoms with Crippen molar-refractivity contribution in [1.29, 1.82) is 0 Å². The second-order valence-corrected chi connectivity index (χ2v) is 7.32. The number of aromatic nitrogens is 4. The zero-order chi connectivity index (χ0) is 20.2. The molecule has 0 aliphatic carbocycles. The molecule has 0 bridgehead atoms. The van der Waals surface area contributed by atoms with Gasteiger partial charge in [0.1, 0.15) is 6.33 Å². The molecule has 3 aromatic rings. The highest BCUT2D eigenvalue weighted by molar-refractivity contribution is 5.94. The van der Waals surface area contributed by atoms with Crippen LogP contribution in [0.2, 0.25) is 0 Å². The number of carbonyl (C=O) groups excluding carboxylic acids is 1. The number of aromatic carboxylic acids is 1. The van der Waals surface area contributed by atoms with Crippen molar-refractivity contribution in [1.82, 2.24) is 25.1 Å². The van der Waals surface area contributed by atoms with Crippen LogP contribution < -0.4 is 0 Å². The third-order valence-corrected chi connectivity index (χ3v) is 5.21. The Kier molecular flexibility index (Phi) is 5.33. The second kappa shape index (κ2) is 8.22. The fourth-order valence-electron chi connectivity index (χ4n) is 3.72. The lowest BCUT2D eigenvalue weighted by atomic mass is 9.97. The summed E-state index contributed by atoms with van der Waals surface area (Å²) in [5, 5.41) is 20.2. The van der Waals surface area contributed by atoms with Crippen LogP contribution >= 0.6 is 0 Å². The molecule has 1 N–H and O–H groups in total. The maximum Gasteiger partial charge on any atom is 0.335 e. The van der Waals surface area contributed by atoms with Gasteiger partial charge in [0.15, 0.2) is 0 Å². The maximum atomic E-state index is 12.8. The number of likely N-dealkylation sites (tertiary alicyclic amines) is 1. The summed E-state index contributed by atoms with van der Waals surface area (Å²) in [4.78, 5) is 25.8. The molecule has 0 spiro atoms. The van der Waals surface area contributed by atoms with E-state index in [1.807, 2.05) is 35.2 Å². The minimum absolute atomic E-state index is 0.0285. The standard InChI is InChI=1S/C21H21N5O3/c27-20(18-6-4-15(5-7-18)13-26-14-22-23-24-26)25-9-8-17(12-25)10-16-2-1-3-19(11-16)21(28)29/h1-7,11,14,17H,8-10,12-13H2,(H,28,29). The number of carbonyl (C=O) groups is 2. The summed E-state index contributed by atoms with van der Waals surface area (Å²) >= 11 is 0. The molecular formula is C21H21N5O3. The summed E-state index contributed by atoms with van der Waals surface area (Å²) < 4.78 is 1.63. The van der Waals surface area contributed by atoms with Crippen LogP contribution in [0.1, 0.15) is 38.3 Å². The van der Waals surface area contributed by atoms with Crippen molar-refractivity contribution in [3.63, 3.8) is 0 Å². The monoisotopic (exact) mass is 391 g/mol. The highest BCUT2D eigenvalue weighted by atomic mass is 16.4. The smallest absolute Gasteiger partial charge is 0.335 e. The van der Waals surface area contributed by atoms with Crippen LogP contribution in [-0.2, 0) is 13.0 Å². The van der Waals surface area contributed by atoms with E-state index in [9.17, 15) is 9.59 Å². The molecule has 2 heterocycles. The first-order chi connectivity index (χ1) is 14.1. The van der Waals surface area contributed by atoms with E-state index in [-0.39, 0.29) is 5.91 Å². The summed E-state index contributed by atoms with van der Waals surface area (Å²) in [6, 6.07) is 14.5. The largest absolute Gasteiger partial charge is 0.478 e. The third-order valence-electron chi connectivity index (χ3n) is 5.21. The number of tetrazole rings is 1. The number of hydrogen-bond acceptors (Lipinski definition) is 5. The van der Waals surface area contributed by atoms with Crippen LogP contribution in [0, 0.1) is 5.92 Å². The molecule has 148 valence electrons. The van der Waals surface area contributed by atoms with Gasteiger partial charge in [-0.15, -0.1) is 5.10 Å². The number of amides is 1. The number of nitrogens with zero attached hydrogens (tertiary/aromatic N) is 5. The maximum absolute atomic E-state index is 12.8. The summed E-state index contributed by atoms with van der Waals surface area (Å²) in [5.41, 5.74) is 2.98. The highest BCUT2D eigenvalue weighted by Gasteiger charge is 2.27. The van der Waals surface area contributed by atoms with Crippen LogP contribution in [0.25, 0.3) is 0 Å². The Morgan fingerprint density at radius 3 is 2.62 bits per heavy atom. The van der Waals surface area contributed by atoms with Gasteiger partial charge in [-0.2, -0.15) is 0 Å². The van der Waals surface area contributed by atoms with Gasteiger partial charge in [0.05, 0.1) is 12.1 Å². The summed E-state index contributed by atoms with van der Waals surface area (Å²) in [7, 11) is 0. The molecule has 1 aliphatic heterocycles. The number of hydrogen-bond donors (Lipinski definition) is 1. The van der Waals surface area contributed by atoms with E-state index in [0.717, 1.165) is 24.0 Å². The molecule has 1 unspecified atom stereocenters. The number of carboxylic acids is 1. The van der Waals surface area contributed by atoms with Crippen molar-refractivity contribution in [3.8, 4) is 0 Å². The number of carboxylic acid groups (broad SMARTS) is 1. The molecule has 8 heteroatoms. The topological polar surface area (TPSA) is 101 Å². The molecule has 0 saturated carbocycles. The van der Waals surface area contributed by atoms with Gasteiger partial charge in [0.25, 0.3) is 5.91 Å². The van der Waals surface area contributed by atoms with E-state index >= 15 is 0 Å². The zero-order valence-electron chi connectivity index (χ0n) is 15.8. The third kappa shape index (κ3) is 4.48. The zero-order valence-corrected chi connectivity index (χ0v) is 15.8. The van der Waals surface area contributed by atoms with Crippen molar-refractivity contribution in [3.05, 3.63) is 77.1 Å². The fraction of sp³-hybridized carbons (Fsp3) is 0.286. The van der Waals surface area contributed by atoms with Gasteiger partial charge >= 0.3 is 5.97 Å². The molecule has 4 rings (SSSR count). The van der Waals surface area contributed by atoms with Gasteiger partial charge < -0.3 is 10.0 Å². The average molecular weight is 391 g/mol. The molecule has 1 amide bonds. The Morgan fingerprint density at radius 2 is 1.90 bits per heavy atom. The summed E-state index contributed by atoms with van der Waals surface area (Å²) in [6.07, 6.45) is 3.24. The van der Waals surface area contributed by atoms with E-state index in [2.05, 4.69) is 15.5 Å². The first-order valence-corrected chi connectivity index (χ1v) is 9.50. The molecule has 1 atom stereocenters. The van der Waals surface area contributed by atoms with Gasteiger partial charge in [0.2, 0.25) is 0 Å². The average Bonchev–Trinajstić information content (AvgIpc) is 3.40. The van der Waals surface area contributed by atoms with E-state index in [1.54, 1.807) is 29.2 Å². The van der Waals surface area contributed by atoms with E-state index in [4.69, 9.17) is 5.11 Å². The second-order valence-electron chi connectivity index (χ2n) is 7.32. The number of benzene rings is 2. The van der Waals surface area contributed by atoms with Crippen molar-refractivity contribution in [2.24, 2.45) is 5.92 Å². The minimum Gasteiger partial charge on any atom is -0.478 e. The van der Waals surface area contributed by atoms with Crippen LogP contribution in [0.3, 0.4) is 0 Å². The SMILES string of the molecule is O=C(O)c1cccc(CC2CCN(C(=O)c3ccc(Cn4cnnn4)cc3)C2)c1. The lowest BCUT2D eigenvalue weighted by Gasteiger charge is -2.17. The molecular weight excluding hydrogens is 370 g/mol. The predicted octanol–water partition coefficient (Wildman–Crippen LogP) is 2.12. The van der Waals surface area contributed by atoms with Crippen LogP contribution in [0.15, 0.2) is 54.9 Å². The van der Waals surface area contributed by atoms with Crippen LogP contribution in [-0.4, -0.2) is 55.2 Å². The van der Waals surface area contributed by atoms with Crippen molar-refractivity contribution >= 4 is 11.9 Å². The van der Waals surface area contributed by atoms with Gasteiger partial charge in [-0.1, -0.05) is 24.3 Å². The Morgan fingerprint density at radius 1 is 1.07 bits per heavy atom. The Balaban J connectivity index is 1.35. The Labute approximate surface area is 167 Å². The lowest BCUT2D eigenvalue weighted by Crippen LogP contribution is -2.29. The van der Waals surface area contributed by atoms with Crippen LogP contribution in [0.4, 0.5) is 0 Å². The molecule has 1 aliphatic rings. The summed E-state index contributed by atoms with van der Waals surface area (Å²) in [6.45, 7) is 1.96. The van der Waals surface area contributed by atoms with E-state index < -0.39 is 5.97 Å². The van der Waals surface area contributed by atoms with Gasteiger partial charge in [0, 0.05) is 18.7 Å². The van der Waals surface area contributed by atoms with Gasteiger partial charge in [-0.3, -0.25) is 4.79 Å². The lowest BCUT2D eigenvalue weighted by molar-refractivity contribution is 0.0696. The number of rotatable bonds is 6. The van der Waals surface area contributed by atoms with Crippen LogP contribution in [0.5, 0.6) is 0 Å². The predicted molar refractivity (Wildman–Crippen MR) is 104 cm³/mol. The molecule has 1 fully saturated rings. The quantitative estimate of drug-likeness (QED) is 0.691. The molecule has 8 nitrogen and oxygen atoms in total. The Hall–Kier alpha value is -3.55. The van der Waals surface area contributed by atoms with Crippen molar-refractivity contribution < 1.29 is 14.7 Å². The first-order valence-electron chi connectivity index (χ1n) is 9.50. The van der Waals surface area contributed by atoms with Gasteiger partial charge in [-0.05, 0) is 64.6 Å². The molecule has 0 radical (unpaired) electrons. The molecule has 1 aromatic heterocycles. The first kappa shape index (κ1) is 18.8. The molecule has 29 heavy (non-hydrogen) atoms. The molecule has 2 aromatic carbocycles. The molecule has 1 saturated heterocycles. The van der Waals surface area contributed by atoms with E-state index in [1.165, 1.54) is 0 Å². The summed E-state index contributed by atoms with van der Waals surface area (Å²) in [5.74, 6) is -0.554. The fourth-order valence-corrected chi connectivity index (χ4v) is 3.72. The van der Waals surface area contributed by atoms with Gasteiger partial charge in [-0.25, -0.2) is 9.48 Å². The normalized spacial score (nSPS) is 16.1. The minimum atomic E-state index is -0.918. The van der Waals surface area contributed by atoms with Crippen molar-refractivity contribution in [2.45, 2.75) is 19.4 Å².